The number of ether oxygens (including phenoxy) is 1. The second kappa shape index (κ2) is 9.89. The molecule has 0 aliphatic heterocycles. The third kappa shape index (κ3) is 5.94. The fourth-order valence-corrected chi connectivity index (χ4v) is 4.19. The first kappa shape index (κ1) is 20.6. The van der Waals surface area contributed by atoms with Gasteiger partial charge in [0, 0.05) is 11.1 Å². The van der Waals surface area contributed by atoms with Gasteiger partial charge in [-0.05, 0) is 44.0 Å². The molecule has 1 aromatic heterocycles. The zero-order chi connectivity index (χ0) is 19.9. The summed E-state index contributed by atoms with van der Waals surface area (Å²) in [5.74, 6) is 0.253. The standard InChI is InChI=1S/C20H24ClN3O3S/c1-13-19(20(26)22-11-17(25)24-15-5-3-2-4-6-15)28-18(23-13)12-27-16-9-7-14(21)8-10-16/h7-10,15H,2-6,11-12H2,1H3,(H,22,26)(H,24,25). The maximum atomic E-state index is 12.4. The van der Waals surface area contributed by atoms with Crippen LogP contribution in [-0.4, -0.2) is 29.4 Å². The number of nitrogens with zero attached hydrogens (tertiary/aromatic N) is 1. The number of aromatic nitrogens is 1. The van der Waals surface area contributed by atoms with Gasteiger partial charge in [0.1, 0.15) is 22.2 Å². The summed E-state index contributed by atoms with van der Waals surface area (Å²) in [5.41, 5.74) is 0.630. The number of halogens is 1. The molecular weight excluding hydrogens is 398 g/mol. The van der Waals surface area contributed by atoms with Crippen molar-refractivity contribution in [3.63, 3.8) is 0 Å². The highest BCUT2D eigenvalue weighted by Gasteiger charge is 2.18. The van der Waals surface area contributed by atoms with Crippen molar-refractivity contribution in [2.24, 2.45) is 0 Å². The monoisotopic (exact) mass is 421 g/mol. The Morgan fingerprint density at radius 2 is 1.93 bits per heavy atom. The topological polar surface area (TPSA) is 80.3 Å². The van der Waals surface area contributed by atoms with Crippen LogP contribution in [0.15, 0.2) is 24.3 Å². The lowest BCUT2D eigenvalue weighted by atomic mass is 9.95. The van der Waals surface area contributed by atoms with Crippen LogP contribution in [0.4, 0.5) is 0 Å². The maximum absolute atomic E-state index is 12.4. The number of thiazole rings is 1. The van der Waals surface area contributed by atoms with Crippen LogP contribution < -0.4 is 15.4 Å². The molecule has 0 spiro atoms. The molecule has 1 aliphatic rings. The van der Waals surface area contributed by atoms with E-state index in [1.165, 1.54) is 17.8 Å². The van der Waals surface area contributed by atoms with Crippen molar-refractivity contribution in [1.82, 2.24) is 15.6 Å². The predicted molar refractivity (Wildman–Crippen MR) is 110 cm³/mol. The minimum atomic E-state index is -0.286. The normalized spacial score (nSPS) is 14.5. The molecular formula is C20H24ClN3O3S. The number of benzene rings is 1. The van der Waals surface area contributed by atoms with Crippen LogP contribution in [0.3, 0.4) is 0 Å². The fraction of sp³-hybridized carbons (Fsp3) is 0.450. The molecule has 3 rings (SSSR count). The van der Waals surface area contributed by atoms with Gasteiger partial charge in [-0.3, -0.25) is 9.59 Å². The van der Waals surface area contributed by atoms with Gasteiger partial charge in [0.15, 0.2) is 0 Å². The van der Waals surface area contributed by atoms with Crippen LogP contribution in [0, 0.1) is 6.92 Å². The highest BCUT2D eigenvalue weighted by atomic mass is 35.5. The van der Waals surface area contributed by atoms with Gasteiger partial charge >= 0.3 is 0 Å². The zero-order valence-corrected chi connectivity index (χ0v) is 17.4. The van der Waals surface area contributed by atoms with Crippen LogP contribution in [-0.2, 0) is 11.4 Å². The van der Waals surface area contributed by atoms with Gasteiger partial charge in [0.05, 0.1) is 12.2 Å². The minimum Gasteiger partial charge on any atom is -0.486 e. The molecule has 1 heterocycles. The molecule has 1 fully saturated rings. The first-order valence-corrected chi connectivity index (χ1v) is 10.6. The van der Waals surface area contributed by atoms with Crippen molar-refractivity contribution in [2.75, 3.05) is 6.54 Å². The lowest BCUT2D eigenvalue weighted by Crippen LogP contribution is -2.42. The van der Waals surface area contributed by atoms with Gasteiger partial charge in [-0.25, -0.2) is 4.98 Å². The van der Waals surface area contributed by atoms with Crippen LogP contribution in [0.5, 0.6) is 5.75 Å². The molecule has 150 valence electrons. The predicted octanol–water partition coefficient (Wildman–Crippen LogP) is 3.86. The Morgan fingerprint density at radius 3 is 2.64 bits per heavy atom. The first-order chi connectivity index (χ1) is 13.5. The molecule has 0 bridgehead atoms. The van der Waals surface area contributed by atoms with Crippen molar-refractivity contribution in [2.45, 2.75) is 51.7 Å². The van der Waals surface area contributed by atoms with Crippen LogP contribution in [0.2, 0.25) is 5.02 Å². The first-order valence-electron chi connectivity index (χ1n) is 9.43. The molecule has 1 aromatic carbocycles. The number of amides is 2. The smallest absolute Gasteiger partial charge is 0.263 e. The zero-order valence-electron chi connectivity index (χ0n) is 15.8. The van der Waals surface area contributed by atoms with E-state index in [0.717, 1.165) is 25.7 Å². The Bertz CT molecular complexity index is 817. The van der Waals surface area contributed by atoms with Gasteiger partial charge in [0.2, 0.25) is 5.91 Å². The number of aryl methyl sites for hydroxylation is 1. The summed E-state index contributed by atoms with van der Waals surface area (Å²) in [6.07, 6.45) is 5.57. The van der Waals surface area contributed by atoms with E-state index in [-0.39, 0.29) is 31.0 Å². The molecule has 2 N–H and O–H groups in total. The SMILES string of the molecule is Cc1nc(COc2ccc(Cl)cc2)sc1C(=O)NCC(=O)NC1CCCCC1. The Labute approximate surface area is 173 Å². The molecule has 1 saturated carbocycles. The van der Waals surface area contributed by atoms with E-state index in [1.807, 2.05) is 0 Å². The van der Waals surface area contributed by atoms with Gasteiger partial charge < -0.3 is 15.4 Å². The molecule has 0 saturated heterocycles. The molecule has 2 amide bonds. The molecule has 28 heavy (non-hydrogen) atoms. The summed E-state index contributed by atoms with van der Waals surface area (Å²) < 4.78 is 5.67. The van der Waals surface area contributed by atoms with Gasteiger partial charge in [-0.1, -0.05) is 30.9 Å². The van der Waals surface area contributed by atoms with E-state index in [9.17, 15) is 9.59 Å². The molecule has 2 aromatic rings. The van der Waals surface area contributed by atoms with Gasteiger partial charge in [-0.15, -0.1) is 11.3 Å². The van der Waals surface area contributed by atoms with Crippen molar-refractivity contribution in [3.8, 4) is 5.75 Å². The average molecular weight is 422 g/mol. The summed E-state index contributed by atoms with van der Waals surface area (Å²) >= 11 is 7.13. The molecule has 0 unspecified atom stereocenters. The molecule has 0 radical (unpaired) electrons. The summed E-state index contributed by atoms with van der Waals surface area (Å²) in [5, 5.41) is 7.02. The summed E-state index contributed by atoms with van der Waals surface area (Å²) in [6, 6.07) is 7.30. The summed E-state index contributed by atoms with van der Waals surface area (Å²) in [4.78, 5) is 29.4. The molecule has 8 heteroatoms. The lowest BCUT2D eigenvalue weighted by molar-refractivity contribution is -0.121. The summed E-state index contributed by atoms with van der Waals surface area (Å²) in [7, 11) is 0. The number of carbonyl (C=O) groups excluding carboxylic acids is 2. The Hall–Kier alpha value is -2.12. The number of nitrogens with one attached hydrogen (secondary N) is 2. The largest absolute Gasteiger partial charge is 0.486 e. The third-order valence-electron chi connectivity index (χ3n) is 4.60. The average Bonchev–Trinajstić information content (AvgIpc) is 3.07. The van der Waals surface area contributed by atoms with Crippen LogP contribution in [0.25, 0.3) is 0 Å². The Morgan fingerprint density at radius 1 is 1.21 bits per heavy atom. The van der Waals surface area contributed by atoms with E-state index in [0.29, 0.717) is 26.4 Å². The highest BCUT2D eigenvalue weighted by molar-refractivity contribution is 7.13. The van der Waals surface area contributed by atoms with E-state index in [4.69, 9.17) is 16.3 Å². The van der Waals surface area contributed by atoms with Crippen LogP contribution in [0.1, 0.15) is 52.5 Å². The number of hydrogen-bond acceptors (Lipinski definition) is 5. The van der Waals surface area contributed by atoms with Crippen molar-refractivity contribution in [1.29, 1.82) is 0 Å². The maximum Gasteiger partial charge on any atom is 0.263 e. The number of carbonyl (C=O) groups is 2. The third-order valence-corrected chi connectivity index (χ3v) is 5.98. The number of rotatable bonds is 7. The second-order valence-electron chi connectivity index (χ2n) is 6.85. The van der Waals surface area contributed by atoms with E-state index < -0.39 is 0 Å². The fourth-order valence-electron chi connectivity index (χ4n) is 3.17. The highest BCUT2D eigenvalue weighted by Crippen LogP contribution is 2.21. The molecule has 1 aliphatic carbocycles. The summed E-state index contributed by atoms with van der Waals surface area (Å²) in [6.45, 7) is 2.02. The van der Waals surface area contributed by atoms with E-state index >= 15 is 0 Å². The van der Waals surface area contributed by atoms with Crippen molar-refractivity contribution in [3.05, 3.63) is 44.9 Å². The second-order valence-corrected chi connectivity index (χ2v) is 8.37. The number of hydrogen-bond donors (Lipinski definition) is 2. The lowest BCUT2D eigenvalue weighted by Gasteiger charge is -2.22. The van der Waals surface area contributed by atoms with Gasteiger partial charge in [0.25, 0.3) is 5.91 Å². The van der Waals surface area contributed by atoms with Gasteiger partial charge in [-0.2, -0.15) is 0 Å². The Balaban J connectivity index is 1.48. The van der Waals surface area contributed by atoms with Crippen molar-refractivity contribution < 1.29 is 14.3 Å². The minimum absolute atomic E-state index is 0.0245. The van der Waals surface area contributed by atoms with Crippen molar-refractivity contribution >= 4 is 34.8 Å². The molecule has 6 nitrogen and oxygen atoms in total. The Kier molecular flexibility index (Phi) is 7.28. The van der Waals surface area contributed by atoms with Crippen LogP contribution >= 0.6 is 22.9 Å². The molecule has 0 atom stereocenters. The quantitative estimate of drug-likeness (QED) is 0.711. The van der Waals surface area contributed by atoms with E-state index in [2.05, 4.69) is 15.6 Å². The van der Waals surface area contributed by atoms with E-state index in [1.54, 1.807) is 31.2 Å².